The highest BCUT2D eigenvalue weighted by Gasteiger charge is 2.54. The first-order valence-corrected chi connectivity index (χ1v) is 3.47. The lowest BCUT2D eigenvalue weighted by Gasteiger charge is -2.09. The van der Waals surface area contributed by atoms with Crippen molar-refractivity contribution in [1.82, 2.24) is 4.90 Å². The second kappa shape index (κ2) is 1.57. The predicted octanol–water partition coefficient (Wildman–Crippen LogP) is -0.00710. The zero-order valence-electron chi connectivity index (χ0n) is 5.58. The maximum atomic E-state index is 10.3. The summed E-state index contributed by atoms with van der Waals surface area (Å²) in [6.07, 6.45) is 1.13. The minimum absolute atomic E-state index is 0.432. The largest absolute Gasteiger partial charge is 0.306 e. The quantitative estimate of drug-likeness (QED) is 0.459. The van der Waals surface area contributed by atoms with Gasteiger partial charge in [0, 0.05) is 19.0 Å². The summed E-state index contributed by atoms with van der Waals surface area (Å²) in [6.45, 7) is 2.29. The molecule has 1 aliphatic heterocycles. The first-order valence-electron chi connectivity index (χ1n) is 3.47. The van der Waals surface area contributed by atoms with Gasteiger partial charge in [-0.3, -0.25) is 0 Å². The van der Waals surface area contributed by atoms with Gasteiger partial charge in [-0.25, -0.2) is 0 Å². The van der Waals surface area contributed by atoms with Gasteiger partial charge in [0.2, 0.25) is 0 Å². The Morgan fingerprint density at radius 2 is 2.00 bits per heavy atom. The van der Waals surface area contributed by atoms with Crippen LogP contribution in [0, 0.1) is 17.8 Å². The van der Waals surface area contributed by atoms with Crippen LogP contribution < -0.4 is 0 Å². The number of fused-ring (bicyclic) bond motifs is 1. The Kier molecular flexibility index (Phi) is 0.943. The zero-order chi connectivity index (χ0) is 6.43. The topological polar surface area (TPSA) is 20.3 Å². The molecule has 2 rings (SSSR count). The molecule has 0 radical (unpaired) electrons. The Morgan fingerprint density at radius 1 is 1.44 bits per heavy atom. The third kappa shape index (κ3) is 0.628. The molecule has 2 fully saturated rings. The fourth-order valence-electron chi connectivity index (χ4n) is 1.99. The van der Waals surface area contributed by atoms with Crippen molar-refractivity contribution < 1.29 is 4.79 Å². The zero-order valence-corrected chi connectivity index (χ0v) is 5.58. The maximum Gasteiger partial charge on any atom is 0.123 e. The van der Waals surface area contributed by atoms with Crippen LogP contribution in [-0.2, 0) is 4.79 Å². The van der Waals surface area contributed by atoms with Gasteiger partial charge in [-0.15, -0.1) is 0 Å². The van der Waals surface area contributed by atoms with Crippen LogP contribution in [0.1, 0.15) is 0 Å². The lowest BCUT2D eigenvalue weighted by molar-refractivity contribution is -0.109. The smallest absolute Gasteiger partial charge is 0.123 e. The Hall–Kier alpha value is -0.370. The molecule has 1 saturated heterocycles. The Morgan fingerprint density at radius 3 is 2.44 bits per heavy atom. The van der Waals surface area contributed by atoms with Crippen LogP contribution in [0.2, 0.25) is 0 Å². The highest BCUT2D eigenvalue weighted by atomic mass is 16.1. The monoisotopic (exact) mass is 125 g/mol. The summed E-state index contributed by atoms with van der Waals surface area (Å²) in [5, 5.41) is 0. The van der Waals surface area contributed by atoms with Gasteiger partial charge in [-0.1, -0.05) is 0 Å². The van der Waals surface area contributed by atoms with E-state index in [9.17, 15) is 4.79 Å². The van der Waals surface area contributed by atoms with Crippen LogP contribution in [0.15, 0.2) is 0 Å². The van der Waals surface area contributed by atoms with Gasteiger partial charge in [0.05, 0.1) is 0 Å². The summed E-state index contributed by atoms with van der Waals surface area (Å²) < 4.78 is 0. The molecule has 9 heavy (non-hydrogen) atoms. The molecule has 0 aromatic heterocycles. The molecule has 0 N–H and O–H groups in total. The number of carbonyl (C=O) groups is 1. The van der Waals surface area contributed by atoms with Crippen molar-refractivity contribution in [3.05, 3.63) is 0 Å². The second-order valence-electron chi connectivity index (χ2n) is 3.26. The standard InChI is InChI=1S/C7H11NO/c1-8-2-5-6(3-8)7(5)4-9/h4-7H,2-3H2,1H3. The number of likely N-dealkylation sites (tertiary alicyclic amines) is 1. The summed E-state index contributed by atoms with van der Waals surface area (Å²) >= 11 is 0. The van der Waals surface area contributed by atoms with Crippen LogP contribution in [0.5, 0.6) is 0 Å². The number of carbonyl (C=O) groups excluding carboxylic acids is 1. The number of piperidine rings is 1. The Balaban J connectivity index is 1.98. The predicted molar refractivity (Wildman–Crippen MR) is 34.0 cm³/mol. The van der Waals surface area contributed by atoms with Crippen molar-refractivity contribution in [3.63, 3.8) is 0 Å². The minimum Gasteiger partial charge on any atom is -0.306 e. The first-order chi connectivity index (χ1) is 4.33. The van der Waals surface area contributed by atoms with Crippen molar-refractivity contribution in [2.45, 2.75) is 0 Å². The molecule has 0 aromatic carbocycles. The number of aldehydes is 1. The Labute approximate surface area is 54.8 Å². The summed E-state index contributed by atoms with van der Waals surface area (Å²) in [5.41, 5.74) is 0. The van der Waals surface area contributed by atoms with E-state index in [1.54, 1.807) is 0 Å². The molecular weight excluding hydrogens is 114 g/mol. The number of hydrogen-bond acceptors (Lipinski definition) is 2. The van der Waals surface area contributed by atoms with Gasteiger partial charge in [0.15, 0.2) is 0 Å². The van der Waals surface area contributed by atoms with Crippen molar-refractivity contribution in [2.75, 3.05) is 20.1 Å². The summed E-state index contributed by atoms with van der Waals surface area (Å²) in [6, 6.07) is 0. The van der Waals surface area contributed by atoms with E-state index in [-0.39, 0.29) is 0 Å². The van der Waals surface area contributed by atoms with E-state index in [0.29, 0.717) is 5.92 Å². The molecule has 1 aliphatic carbocycles. The third-order valence-electron chi connectivity index (χ3n) is 2.60. The number of nitrogens with zero attached hydrogens (tertiary/aromatic N) is 1. The van der Waals surface area contributed by atoms with E-state index in [1.807, 2.05) is 0 Å². The first kappa shape index (κ1) is 5.42. The van der Waals surface area contributed by atoms with E-state index in [4.69, 9.17) is 0 Å². The fraction of sp³-hybridized carbons (Fsp3) is 0.857. The highest BCUT2D eigenvalue weighted by molar-refractivity contribution is 5.60. The van der Waals surface area contributed by atoms with Gasteiger partial charge >= 0.3 is 0 Å². The third-order valence-corrected chi connectivity index (χ3v) is 2.60. The molecule has 0 aromatic rings. The maximum absolute atomic E-state index is 10.3. The average molecular weight is 125 g/mol. The van der Waals surface area contributed by atoms with Gasteiger partial charge in [-0.05, 0) is 18.9 Å². The van der Waals surface area contributed by atoms with Crippen LogP contribution in [0.25, 0.3) is 0 Å². The van der Waals surface area contributed by atoms with E-state index in [2.05, 4.69) is 11.9 Å². The lowest BCUT2D eigenvalue weighted by atomic mass is 10.3. The van der Waals surface area contributed by atoms with E-state index >= 15 is 0 Å². The molecule has 2 heteroatoms. The van der Waals surface area contributed by atoms with Crippen LogP contribution in [0.3, 0.4) is 0 Å². The van der Waals surface area contributed by atoms with Crippen LogP contribution >= 0.6 is 0 Å². The van der Waals surface area contributed by atoms with E-state index < -0.39 is 0 Å². The van der Waals surface area contributed by atoms with Crippen molar-refractivity contribution in [2.24, 2.45) is 17.8 Å². The normalized spacial score (nSPS) is 48.8. The number of rotatable bonds is 1. The van der Waals surface area contributed by atoms with E-state index in [1.165, 1.54) is 0 Å². The van der Waals surface area contributed by atoms with Crippen molar-refractivity contribution in [1.29, 1.82) is 0 Å². The second-order valence-corrected chi connectivity index (χ2v) is 3.26. The van der Waals surface area contributed by atoms with Crippen molar-refractivity contribution in [3.8, 4) is 0 Å². The van der Waals surface area contributed by atoms with Crippen LogP contribution in [0.4, 0.5) is 0 Å². The molecule has 50 valence electrons. The number of hydrogen-bond donors (Lipinski definition) is 0. The van der Waals surface area contributed by atoms with E-state index in [0.717, 1.165) is 31.2 Å². The molecule has 2 nitrogen and oxygen atoms in total. The van der Waals surface area contributed by atoms with Crippen molar-refractivity contribution >= 4 is 6.29 Å². The van der Waals surface area contributed by atoms with Gasteiger partial charge < -0.3 is 9.69 Å². The average Bonchev–Trinajstić information content (AvgIpc) is 2.30. The Bertz CT molecular complexity index is 134. The molecule has 2 unspecified atom stereocenters. The van der Waals surface area contributed by atoms with Gasteiger partial charge in [-0.2, -0.15) is 0 Å². The van der Waals surface area contributed by atoms with Gasteiger partial charge in [0.25, 0.3) is 0 Å². The van der Waals surface area contributed by atoms with Crippen LogP contribution in [-0.4, -0.2) is 31.3 Å². The molecule has 1 saturated carbocycles. The fourth-order valence-corrected chi connectivity index (χ4v) is 1.99. The SMILES string of the molecule is CN1CC2C(C=O)C2C1. The molecule has 0 spiro atoms. The molecule has 2 atom stereocenters. The molecule has 2 aliphatic rings. The summed E-state index contributed by atoms with van der Waals surface area (Å²) in [4.78, 5) is 12.6. The minimum atomic E-state index is 0.432. The summed E-state index contributed by atoms with van der Waals surface area (Å²) in [5.74, 6) is 1.89. The van der Waals surface area contributed by atoms with Gasteiger partial charge in [0.1, 0.15) is 6.29 Å². The lowest BCUT2D eigenvalue weighted by Crippen LogP contribution is -2.19. The molecule has 0 amide bonds. The molecule has 1 heterocycles. The molecular formula is C7H11NO. The molecule has 0 bridgehead atoms. The highest BCUT2D eigenvalue weighted by Crippen LogP contribution is 2.49. The summed E-state index contributed by atoms with van der Waals surface area (Å²) in [7, 11) is 2.12.